The van der Waals surface area contributed by atoms with E-state index in [1.807, 2.05) is 12.1 Å². The number of benzene rings is 1. The predicted octanol–water partition coefficient (Wildman–Crippen LogP) is 2.34. The lowest BCUT2D eigenvalue weighted by Crippen LogP contribution is -2.34. The van der Waals surface area contributed by atoms with E-state index in [2.05, 4.69) is 12.2 Å². The molecule has 0 amide bonds. The summed E-state index contributed by atoms with van der Waals surface area (Å²) in [5, 5.41) is 12.8. The molecule has 0 aliphatic carbocycles. The van der Waals surface area contributed by atoms with Gasteiger partial charge in [0.05, 0.1) is 0 Å². The third-order valence-electron chi connectivity index (χ3n) is 3.57. The van der Waals surface area contributed by atoms with Crippen LogP contribution < -0.4 is 5.32 Å². The lowest BCUT2D eigenvalue weighted by molar-refractivity contribution is 0.0656. The topological polar surface area (TPSA) is 41.5 Å². The SMILES string of the molecule is CC(Cc1ccc(O)cc1)NCC1CCOCC1. The molecule has 0 spiro atoms. The molecule has 1 aliphatic rings. The molecule has 18 heavy (non-hydrogen) atoms. The van der Waals surface area contributed by atoms with Crippen LogP contribution in [-0.4, -0.2) is 30.9 Å². The van der Waals surface area contributed by atoms with Gasteiger partial charge in [0.2, 0.25) is 0 Å². The number of phenolic OH excluding ortho intramolecular Hbond substituents is 1. The van der Waals surface area contributed by atoms with Gasteiger partial charge in [-0.1, -0.05) is 12.1 Å². The van der Waals surface area contributed by atoms with Crippen LogP contribution in [0.15, 0.2) is 24.3 Å². The van der Waals surface area contributed by atoms with E-state index >= 15 is 0 Å². The first-order valence-electron chi connectivity index (χ1n) is 6.83. The minimum Gasteiger partial charge on any atom is -0.508 e. The number of ether oxygens (including phenoxy) is 1. The summed E-state index contributed by atoms with van der Waals surface area (Å²) in [5.74, 6) is 1.10. The summed E-state index contributed by atoms with van der Waals surface area (Å²) in [6.45, 7) is 5.13. The average Bonchev–Trinajstić information content (AvgIpc) is 2.40. The lowest BCUT2D eigenvalue weighted by atomic mass is 9.99. The highest BCUT2D eigenvalue weighted by atomic mass is 16.5. The van der Waals surface area contributed by atoms with E-state index in [0.29, 0.717) is 11.8 Å². The fourth-order valence-electron chi connectivity index (χ4n) is 2.38. The Morgan fingerprint density at radius 1 is 1.28 bits per heavy atom. The molecule has 1 aromatic carbocycles. The number of rotatable bonds is 5. The molecule has 1 heterocycles. The monoisotopic (exact) mass is 249 g/mol. The Labute approximate surface area is 109 Å². The van der Waals surface area contributed by atoms with Crippen molar-refractivity contribution in [3.63, 3.8) is 0 Å². The van der Waals surface area contributed by atoms with Crippen molar-refractivity contribution in [2.45, 2.75) is 32.2 Å². The first kappa shape index (κ1) is 13.4. The number of hydrogen-bond acceptors (Lipinski definition) is 3. The largest absolute Gasteiger partial charge is 0.508 e. The van der Waals surface area contributed by atoms with Crippen molar-refractivity contribution in [3.05, 3.63) is 29.8 Å². The van der Waals surface area contributed by atoms with Crippen molar-refractivity contribution in [1.82, 2.24) is 5.32 Å². The second-order valence-corrected chi connectivity index (χ2v) is 5.24. The van der Waals surface area contributed by atoms with Gasteiger partial charge in [0.15, 0.2) is 0 Å². The Kier molecular flexibility index (Phi) is 5.02. The summed E-state index contributed by atoms with van der Waals surface area (Å²) < 4.78 is 5.36. The number of aromatic hydroxyl groups is 1. The summed E-state index contributed by atoms with van der Waals surface area (Å²) in [5.41, 5.74) is 1.26. The van der Waals surface area contributed by atoms with Gasteiger partial charge in [0.25, 0.3) is 0 Å². The van der Waals surface area contributed by atoms with Crippen molar-refractivity contribution < 1.29 is 9.84 Å². The molecule has 1 saturated heterocycles. The first-order valence-corrected chi connectivity index (χ1v) is 6.83. The van der Waals surface area contributed by atoms with E-state index in [4.69, 9.17) is 4.74 Å². The highest BCUT2D eigenvalue weighted by molar-refractivity contribution is 5.26. The zero-order valence-corrected chi connectivity index (χ0v) is 11.1. The van der Waals surface area contributed by atoms with Gasteiger partial charge in [-0.05, 0) is 56.3 Å². The molecule has 0 radical (unpaired) electrons. The van der Waals surface area contributed by atoms with Crippen LogP contribution in [0.5, 0.6) is 5.75 Å². The highest BCUT2D eigenvalue weighted by Gasteiger charge is 2.14. The maximum atomic E-state index is 9.24. The Balaban J connectivity index is 1.71. The fourth-order valence-corrected chi connectivity index (χ4v) is 2.38. The average molecular weight is 249 g/mol. The third-order valence-corrected chi connectivity index (χ3v) is 3.57. The van der Waals surface area contributed by atoms with Gasteiger partial charge < -0.3 is 15.2 Å². The van der Waals surface area contributed by atoms with E-state index in [9.17, 15) is 5.11 Å². The molecule has 1 fully saturated rings. The number of nitrogens with one attached hydrogen (secondary N) is 1. The Hall–Kier alpha value is -1.06. The smallest absolute Gasteiger partial charge is 0.115 e. The van der Waals surface area contributed by atoms with Crippen molar-refractivity contribution in [1.29, 1.82) is 0 Å². The maximum absolute atomic E-state index is 9.24. The van der Waals surface area contributed by atoms with E-state index < -0.39 is 0 Å². The molecule has 1 aromatic rings. The highest BCUT2D eigenvalue weighted by Crippen LogP contribution is 2.14. The van der Waals surface area contributed by atoms with Crippen molar-refractivity contribution in [2.75, 3.05) is 19.8 Å². The van der Waals surface area contributed by atoms with Crippen molar-refractivity contribution >= 4 is 0 Å². The van der Waals surface area contributed by atoms with E-state index in [1.54, 1.807) is 12.1 Å². The van der Waals surface area contributed by atoms with Crippen molar-refractivity contribution in [3.8, 4) is 5.75 Å². The molecular weight excluding hydrogens is 226 g/mol. The van der Waals surface area contributed by atoms with E-state index in [-0.39, 0.29) is 0 Å². The van der Waals surface area contributed by atoms with Crippen LogP contribution in [0, 0.1) is 5.92 Å². The van der Waals surface area contributed by atoms with Gasteiger partial charge in [0.1, 0.15) is 5.75 Å². The summed E-state index contributed by atoms with van der Waals surface area (Å²) in [7, 11) is 0. The number of hydrogen-bond donors (Lipinski definition) is 2. The van der Waals surface area contributed by atoms with Gasteiger partial charge in [-0.15, -0.1) is 0 Å². The Morgan fingerprint density at radius 3 is 2.61 bits per heavy atom. The normalized spacial score (nSPS) is 18.7. The quantitative estimate of drug-likeness (QED) is 0.841. The zero-order valence-electron chi connectivity index (χ0n) is 11.1. The van der Waals surface area contributed by atoms with Crippen molar-refractivity contribution in [2.24, 2.45) is 5.92 Å². The van der Waals surface area contributed by atoms with Crippen LogP contribution in [0.1, 0.15) is 25.3 Å². The predicted molar refractivity (Wildman–Crippen MR) is 72.8 cm³/mol. The Bertz CT molecular complexity index is 344. The number of phenols is 1. The molecule has 3 heteroatoms. The van der Waals surface area contributed by atoms with Gasteiger partial charge in [-0.25, -0.2) is 0 Å². The molecule has 1 unspecified atom stereocenters. The summed E-state index contributed by atoms with van der Waals surface area (Å²) in [6.07, 6.45) is 3.36. The van der Waals surface area contributed by atoms with Crippen LogP contribution in [0.3, 0.4) is 0 Å². The van der Waals surface area contributed by atoms with Crippen LogP contribution in [0.25, 0.3) is 0 Å². The Morgan fingerprint density at radius 2 is 1.94 bits per heavy atom. The standard InChI is InChI=1S/C15H23NO2/c1-12(10-13-2-4-15(17)5-3-13)16-11-14-6-8-18-9-7-14/h2-5,12,14,16-17H,6-11H2,1H3. The third kappa shape index (κ3) is 4.31. The zero-order chi connectivity index (χ0) is 12.8. The van der Waals surface area contributed by atoms with Crippen LogP contribution in [0.2, 0.25) is 0 Å². The van der Waals surface area contributed by atoms with Gasteiger partial charge >= 0.3 is 0 Å². The second-order valence-electron chi connectivity index (χ2n) is 5.24. The second kappa shape index (κ2) is 6.76. The summed E-state index contributed by atoms with van der Waals surface area (Å²) >= 11 is 0. The first-order chi connectivity index (χ1) is 8.74. The van der Waals surface area contributed by atoms with Gasteiger partial charge in [0, 0.05) is 19.3 Å². The molecule has 2 rings (SSSR count). The molecule has 0 aromatic heterocycles. The lowest BCUT2D eigenvalue weighted by Gasteiger charge is -2.24. The molecular formula is C15H23NO2. The molecule has 3 nitrogen and oxygen atoms in total. The molecule has 1 atom stereocenters. The summed E-state index contributed by atoms with van der Waals surface area (Å²) in [4.78, 5) is 0. The van der Waals surface area contributed by atoms with Gasteiger partial charge in [-0.3, -0.25) is 0 Å². The van der Waals surface area contributed by atoms with Gasteiger partial charge in [-0.2, -0.15) is 0 Å². The molecule has 0 bridgehead atoms. The minimum atomic E-state index is 0.335. The summed E-state index contributed by atoms with van der Waals surface area (Å²) in [6, 6.07) is 7.95. The van der Waals surface area contributed by atoms with E-state index in [0.717, 1.165) is 32.1 Å². The molecule has 100 valence electrons. The van der Waals surface area contributed by atoms with Crippen LogP contribution >= 0.6 is 0 Å². The molecule has 2 N–H and O–H groups in total. The molecule has 1 aliphatic heterocycles. The minimum absolute atomic E-state index is 0.335. The maximum Gasteiger partial charge on any atom is 0.115 e. The van der Waals surface area contributed by atoms with Crippen LogP contribution in [0.4, 0.5) is 0 Å². The fraction of sp³-hybridized carbons (Fsp3) is 0.600. The molecule has 0 saturated carbocycles. The van der Waals surface area contributed by atoms with Crippen LogP contribution in [-0.2, 0) is 11.2 Å². The van der Waals surface area contributed by atoms with E-state index in [1.165, 1.54) is 18.4 Å².